The topological polar surface area (TPSA) is 78.9 Å². The number of hydrogen-bond donors (Lipinski definition) is 1. The minimum absolute atomic E-state index is 0.0213. The van der Waals surface area contributed by atoms with Crippen molar-refractivity contribution in [3.8, 4) is 0 Å². The highest BCUT2D eigenvalue weighted by atomic mass is 35.5. The standard InChI is InChI=1S/C23H26ClN3O4/c1-14-10-21-16(11-17(14)24)19(28)12-22(31-21)23(29)25-13-18(20-5-4-15(2)30-20)27-8-6-26(3)7-9-27/h4-5,10-12,18H,6-9,13H2,1-3H3,(H,25,29)/t18-/m1/s1. The molecule has 0 unspecified atom stereocenters. The molecule has 164 valence electrons. The van der Waals surface area contributed by atoms with Gasteiger partial charge in [0.1, 0.15) is 17.1 Å². The van der Waals surface area contributed by atoms with E-state index in [1.54, 1.807) is 12.1 Å². The molecule has 31 heavy (non-hydrogen) atoms. The molecule has 1 aliphatic rings. The molecule has 4 rings (SSSR count). The average Bonchev–Trinajstić information content (AvgIpc) is 3.16. The number of aryl methyl sites for hydroxylation is 2. The van der Waals surface area contributed by atoms with Crippen molar-refractivity contribution in [1.29, 1.82) is 0 Å². The van der Waals surface area contributed by atoms with Crippen LogP contribution in [-0.2, 0) is 0 Å². The van der Waals surface area contributed by atoms with Gasteiger partial charge >= 0.3 is 0 Å². The third kappa shape index (κ3) is 4.69. The van der Waals surface area contributed by atoms with Crippen molar-refractivity contribution in [3.63, 3.8) is 0 Å². The van der Waals surface area contributed by atoms with Crippen LogP contribution in [0.2, 0.25) is 5.02 Å². The molecule has 8 heteroatoms. The maximum Gasteiger partial charge on any atom is 0.287 e. The van der Waals surface area contributed by atoms with Crippen molar-refractivity contribution < 1.29 is 13.6 Å². The number of furan rings is 1. The zero-order valence-electron chi connectivity index (χ0n) is 17.9. The lowest BCUT2D eigenvalue weighted by molar-refractivity contribution is 0.0830. The van der Waals surface area contributed by atoms with Crippen LogP contribution >= 0.6 is 11.6 Å². The summed E-state index contributed by atoms with van der Waals surface area (Å²) < 4.78 is 11.6. The number of rotatable bonds is 5. The number of halogens is 1. The van der Waals surface area contributed by atoms with E-state index in [2.05, 4.69) is 22.2 Å². The number of benzene rings is 1. The van der Waals surface area contributed by atoms with Crippen LogP contribution in [0.15, 0.2) is 44.0 Å². The number of hydrogen-bond acceptors (Lipinski definition) is 6. The van der Waals surface area contributed by atoms with E-state index in [4.69, 9.17) is 20.4 Å². The summed E-state index contributed by atoms with van der Waals surface area (Å²) in [5, 5.41) is 3.76. The molecule has 0 saturated carbocycles. The lowest BCUT2D eigenvalue weighted by atomic mass is 10.1. The second-order valence-electron chi connectivity index (χ2n) is 8.09. The fourth-order valence-electron chi connectivity index (χ4n) is 3.84. The first-order chi connectivity index (χ1) is 14.8. The van der Waals surface area contributed by atoms with E-state index in [-0.39, 0.29) is 17.2 Å². The maximum absolute atomic E-state index is 12.8. The molecule has 1 saturated heterocycles. The molecule has 1 aromatic carbocycles. The van der Waals surface area contributed by atoms with E-state index >= 15 is 0 Å². The van der Waals surface area contributed by atoms with Crippen LogP contribution < -0.4 is 10.7 Å². The lowest BCUT2D eigenvalue weighted by Gasteiger charge is -2.37. The Morgan fingerprint density at radius 2 is 1.87 bits per heavy atom. The van der Waals surface area contributed by atoms with Gasteiger partial charge in [-0.05, 0) is 50.7 Å². The number of carbonyl (C=O) groups excluding carboxylic acids is 1. The number of piperazine rings is 1. The Kier molecular flexibility index (Phi) is 6.18. The predicted molar refractivity (Wildman–Crippen MR) is 120 cm³/mol. The van der Waals surface area contributed by atoms with Crippen molar-refractivity contribution in [2.24, 2.45) is 0 Å². The fourth-order valence-corrected chi connectivity index (χ4v) is 4.00. The first-order valence-electron chi connectivity index (χ1n) is 10.3. The second kappa shape index (κ2) is 8.86. The molecule has 1 N–H and O–H groups in total. The molecule has 0 bridgehead atoms. The number of carbonyl (C=O) groups is 1. The summed E-state index contributed by atoms with van der Waals surface area (Å²) in [5.74, 6) is 1.18. The van der Waals surface area contributed by atoms with Crippen molar-refractivity contribution in [3.05, 3.63) is 68.4 Å². The van der Waals surface area contributed by atoms with E-state index in [1.165, 1.54) is 6.07 Å². The van der Waals surface area contributed by atoms with Crippen molar-refractivity contribution in [2.75, 3.05) is 39.8 Å². The highest BCUT2D eigenvalue weighted by Gasteiger charge is 2.27. The highest BCUT2D eigenvalue weighted by molar-refractivity contribution is 6.32. The van der Waals surface area contributed by atoms with Gasteiger partial charge in [-0.15, -0.1) is 0 Å². The first kappa shape index (κ1) is 21.6. The molecule has 7 nitrogen and oxygen atoms in total. The summed E-state index contributed by atoms with van der Waals surface area (Å²) >= 11 is 6.11. The van der Waals surface area contributed by atoms with Gasteiger partial charge in [0.05, 0.1) is 11.4 Å². The zero-order chi connectivity index (χ0) is 22.1. The molecule has 1 atom stereocenters. The third-order valence-electron chi connectivity index (χ3n) is 5.76. The average molecular weight is 444 g/mol. The summed E-state index contributed by atoms with van der Waals surface area (Å²) in [6, 6.07) is 8.24. The first-order valence-corrected chi connectivity index (χ1v) is 10.7. The van der Waals surface area contributed by atoms with Gasteiger partial charge in [0.15, 0.2) is 11.2 Å². The molecule has 0 spiro atoms. The Morgan fingerprint density at radius 3 is 2.55 bits per heavy atom. The summed E-state index contributed by atoms with van der Waals surface area (Å²) in [7, 11) is 2.10. The predicted octanol–water partition coefficient (Wildman–Crippen LogP) is 3.37. The molecular weight excluding hydrogens is 418 g/mol. The number of nitrogens with one attached hydrogen (secondary N) is 1. The summed E-state index contributed by atoms with van der Waals surface area (Å²) in [5.41, 5.74) is 0.820. The second-order valence-corrected chi connectivity index (χ2v) is 8.49. The smallest absolute Gasteiger partial charge is 0.287 e. The maximum atomic E-state index is 12.8. The Balaban J connectivity index is 1.55. The zero-order valence-corrected chi connectivity index (χ0v) is 18.7. The van der Waals surface area contributed by atoms with E-state index in [0.29, 0.717) is 22.5 Å². The van der Waals surface area contributed by atoms with Crippen LogP contribution in [0.3, 0.4) is 0 Å². The van der Waals surface area contributed by atoms with Crippen LogP contribution in [0.4, 0.5) is 0 Å². The van der Waals surface area contributed by atoms with E-state index < -0.39 is 5.91 Å². The van der Waals surface area contributed by atoms with Crippen molar-refractivity contribution >= 4 is 28.5 Å². The van der Waals surface area contributed by atoms with Gasteiger partial charge in [-0.25, -0.2) is 0 Å². The van der Waals surface area contributed by atoms with Crippen LogP contribution in [0.5, 0.6) is 0 Å². The van der Waals surface area contributed by atoms with Crippen LogP contribution in [-0.4, -0.2) is 55.5 Å². The third-order valence-corrected chi connectivity index (χ3v) is 6.16. The molecule has 0 aliphatic carbocycles. The summed E-state index contributed by atoms with van der Waals surface area (Å²) in [6.45, 7) is 7.72. The van der Waals surface area contributed by atoms with Crippen LogP contribution in [0, 0.1) is 13.8 Å². The lowest BCUT2D eigenvalue weighted by Crippen LogP contribution is -2.48. The normalized spacial score (nSPS) is 16.5. The highest BCUT2D eigenvalue weighted by Crippen LogP contribution is 2.25. The largest absolute Gasteiger partial charge is 0.465 e. The monoisotopic (exact) mass is 443 g/mol. The van der Waals surface area contributed by atoms with Gasteiger partial charge in [-0.1, -0.05) is 11.6 Å². The number of nitrogens with zero attached hydrogens (tertiary/aromatic N) is 2. The Morgan fingerprint density at radius 1 is 1.13 bits per heavy atom. The fraction of sp³-hybridized carbons (Fsp3) is 0.391. The minimum Gasteiger partial charge on any atom is -0.465 e. The molecule has 1 aliphatic heterocycles. The number of fused-ring (bicyclic) bond motifs is 1. The van der Waals surface area contributed by atoms with E-state index in [0.717, 1.165) is 43.3 Å². The molecule has 1 fully saturated rings. The Hall–Kier alpha value is -2.61. The van der Waals surface area contributed by atoms with Gasteiger partial charge in [0.25, 0.3) is 5.91 Å². The van der Waals surface area contributed by atoms with Gasteiger partial charge in [0.2, 0.25) is 0 Å². The SMILES string of the molecule is Cc1ccc([C@@H](CNC(=O)c2cc(=O)c3cc(Cl)c(C)cc3o2)N2CCN(C)CC2)o1. The van der Waals surface area contributed by atoms with Gasteiger partial charge in [0, 0.05) is 43.8 Å². The molecule has 0 radical (unpaired) electrons. The van der Waals surface area contributed by atoms with Gasteiger partial charge in [-0.2, -0.15) is 0 Å². The molecule has 1 amide bonds. The number of amides is 1. The van der Waals surface area contributed by atoms with Crippen LogP contribution in [0.1, 0.15) is 33.7 Å². The van der Waals surface area contributed by atoms with Gasteiger partial charge < -0.3 is 19.1 Å². The van der Waals surface area contributed by atoms with Crippen LogP contribution in [0.25, 0.3) is 11.0 Å². The summed E-state index contributed by atoms with van der Waals surface area (Å²) in [4.78, 5) is 29.9. The van der Waals surface area contributed by atoms with E-state index in [9.17, 15) is 9.59 Å². The van der Waals surface area contributed by atoms with Crippen molar-refractivity contribution in [1.82, 2.24) is 15.1 Å². The minimum atomic E-state index is -0.436. The number of likely N-dealkylation sites (N-methyl/N-ethyl adjacent to an activating group) is 1. The molecule has 3 aromatic rings. The van der Waals surface area contributed by atoms with Gasteiger partial charge in [-0.3, -0.25) is 14.5 Å². The van der Waals surface area contributed by atoms with E-state index in [1.807, 2.05) is 26.0 Å². The quantitative estimate of drug-likeness (QED) is 0.651. The molecular formula is C23H26ClN3O4. The van der Waals surface area contributed by atoms with Crippen molar-refractivity contribution in [2.45, 2.75) is 19.9 Å². The molecule has 2 aromatic heterocycles. The Labute approximate surface area is 185 Å². The summed E-state index contributed by atoms with van der Waals surface area (Å²) in [6.07, 6.45) is 0. The molecule has 3 heterocycles. The Bertz CT molecular complexity index is 1160.